The standard InChI is InChI=1S/2C8H16O2.In.H2O/c2*1-3-5-6-7(4-2)8(9)10;;/h2*7H,3-6H2,1-2H3,(H,9,10);;1H2/p-2. The van der Waals surface area contributed by atoms with Crippen molar-refractivity contribution in [3.05, 3.63) is 0 Å². The maximum atomic E-state index is 10.3. The van der Waals surface area contributed by atoms with Crippen molar-refractivity contribution in [2.75, 3.05) is 0 Å². The average Bonchev–Trinajstić information content (AvgIpc) is 2.40. The van der Waals surface area contributed by atoms with Gasteiger partial charge in [0.25, 0.3) is 0 Å². The van der Waals surface area contributed by atoms with Crippen LogP contribution in [0.15, 0.2) is 0 Å². The fraction of sp³-hybridized carbons (Fsp3) is 0.875. The Morgan fingerprint density at radius 2 is 1.05 bits per heavy atom. The van der Waals surface area contributed by atoms with Crippen LogP contribution in [0.25, 0.3) is 0 Å². The van der Waals surface area contributed by atoms with Gasteiger partial charge in [0.1, 0.15) is 0 Å². The quantitative estimate of drug-likeness (QED) is 0.519. The van der Waals surface area contributed by atoms with E-state index in [0.29, 0.717) is 12.8 Å². The van der Waals surface area contributed by atoms with Crippen LogP contribution >= 0.6 is 0 Å². The van der Waals surface area contributed by atoms with Gasteiger partial charge in [0.15, 0.2) is 0 Å². The molecule has 0 aromatic rings. The summed E-state index contributed by atoms with van der Waals surface area (Å²) >= 11 is 0. The van der Waals surface area contributed by atoms with Gasteiger partial charge in [-0.05, 0) is 37.5 Å². The van der Waals surface area contributed by atoms with Crippen molar-refractivity contribution < 1.29 is 25.3 Å². The molecule has 131 valence electrons. The zero-order valence-corrected chi connectivity index (χ0v) is 17.8. The molecule has 0 heterocycles. The van der Waals surface area contributed by atoms with Gasteiger partial charge in [0.05, 0.1) is 0 Å². The number of aliphatic carboxylic acids is 2. The maximum Gasteiger partial charge on any atom is 0.0445 e. The Balaban J connectivity index is -0.000000135. The van der Waals surface area contributed by atoms with E-state index in [2.05, 4.69) is 13.8 Å². The molecule has 2 N–H and O–H groups in total. The number of carboxylic acids is 2. The molecule has 0 amide bonds. The Kier molecular flexibility index (Phi) is 28.1. The third kappa shape index (κ3) is 17.8. The molecule has 0 spiro atoms. The van der Waals surface area contributed by atoms with E-state index < -0.39 is 11.9 Å². The van der Waals surface area contributed by atoms with E-state index in [4.69, 9.17) is 0 Å². The molecule has 0 aliphatic carbocycles. The first-order valence-electron chi connectivity index (χ1n) is 7.86. The second-order valence-corrected chi connectivity index (χ2v) is 5.13. The predicted octanol–water partition coefficient (Wildman–Crippen LogP) is 0.700. The van der Waals surface area contributed by atoms with Crippen molar-refractivity contribution in [3.8, 4) is 0 Å². The number of rotatable bonds is 10. The molecular weight excluding hydrogens is 387 g/mol. The third-order valence-electron chi connectivity index (χ3n) is 3.46. The topological polar surface area (TPSA) is 112 Å². The molecule has 0 aromatic carbocycles. The number of carbonyl (C=O) groups excluding carboxylic acids is 2. The number of unbranched alkanes of at least 4 members (excludes halogenated alkanes) is 2. The van der Waals surface area contributed by atoms with Crippen LogP contribution in [0, 0.1) is 11.8 Å². The fourth-order valence-electron chi connectivity index (χ4n) is 1.88. The smallest absolute Gasteiger partial charge is 0.0445 e. The fourth-order valence-corrected chi connectivity index (χ4v) is 1.88. The van der Waals surface area contributed by atoms with Gasteiger partial charge in [-0.3, -0.25) is 0 Å². The molecule has 22 heavy (non-hydrogen) atoms. The molecule has 0 fully saturated rings. The van der Waals surface area contributed by atoms with Crippen LogP contribution in [0.3, 0.4) is 0 Å². The van der Waals surface area contributed by atoms with Crippen molar-refractivity contribution in [1.82, 2.24) is 0 Å². The summed E-state index contributed by atoms with van der Waals surface area (Å²) < 4.78 is 0. The van der Waals surface area contributed by atoms with E-state index in [0.717, 1.165) is 38.5 Å². The number of hydrogen-bond acceptors (Lipinski definition) is 4. The summed E-state index contributed by atoms with van der Waals surface area (Å²) in [5, 5.41) is 20.7. The zero-order valence-electron chi connectivity index (χ0n) is 14.5. The molecule has 0 saturated heterocycles. The van der Waals surface area contributed by atoms with Crippen molar-refractivity contribution in [3.63, 3.8) is 0 Å². The minimum absolute atomic E-state index is 0. The summed E-state index contributed by atoms with van der Waals surface area (Å²) in [5.74, 6) is -2.23. The molecule has 2 atom stereocenters. The van der Waals surface area contributed by atoms with Gasteiger partial charge in [-0.1, -0.05) is 53.4 Å². The van der Waals surface area contributed by atoms with Crippen LogP contribution in [0.4, 0.5) is 0 Å². The van der Waals surface area contributed by atoms with E-state index in [1.54, 1.807) is 0 Å². The molecule has 5 nitrogen and oxygen atoms in total. The molecule has 0 aliphatic rings. The zero-order chi connectivity index (χ0) is 16.0. The van der Waals surface area contributed by atoms with Crippen LogP contribution in [-0.2, 0) is 9.59 Å². The predicted molar refractivity (Wildman–Crippen MR) is 86.0 cm³/mol. The minimum atomic E-state index is -0.893. The first-order valence-corrected chi connectivity index (χ1v) is 7.86. The van der Waals surface area contributed by atoms with E-state index in [1.165, 1.54) is 0 Å². The third-order valence-corrected chi connectivity index (χ3v) is 3.46. The van der Waals surface area contributed by atoms with Gasteiger partial charge in [0, 0.05) is 37.8 Å². The Labute approximate surface area is 154 Å². The number of carbonyl (C=O) groups is 2. The van der Waals surface area contributed by atoms with Gasteiger partial charge in [-0.2, -0.15) is 0 Å². The molecule has 0 bridgehead atoms. The maximum absolute atomic E-state index is 10.3. The van der Waals surface area contributed by atoms with Gasteiger partial charge in [-0.15, -0.1) is 0 Å². The molecule has 0 aliphatic heterocycles. The van der Waals surface area contributed by atoms with Crippen LogP contribution in [-0.4, -0.2) is 43.3 Å². The van der Waals surface area contributed by atoms with Crippen LogP contribution in [0.2, 0.25) is 0 Å². The Morgan fingerprint density at radius 3 is 1.18 bits per heavy atom. The summed E-state index contributed by atoms with van der Waals surface area (Å²) in [4.78, 5) is 20.7. The van der Waals surface area contributed by atoms with Crippen molar-refractivity contribution in [2.24, 2.45) is 11.8 Å². The van der Waals surface area contributed by atoms with E-state index in [1.807, 2.05) is 13.8 Å². The second-order valence-electron chi connectivity index (χ2n) is 5.13. The summed E-state index contributed by atoms with van der Waals surface area (Å²) in [6.45, 7) is 7.89. The molecule has 2 unspecified atom stereocenters. The number of hydrogen-bond donors (Lipinski definition) is 0. The van der Waals surface area contributed by atoms with Crippen LogP contribution in [0.1, 0.15) is 79.1 Å². The molecule has 6 heteroatoms. The molecule has 0 aromatic heterocycles. The summed E-state index contributed by atoms with van der Waals surface area (Å²) in [6, 6.07) is 0. The van der Waals surface area contributed by atoms with Gasteiger partial charge < -0.3 is 25.3 Å². The average molecular weight is 419 g/mol. The molecule has 3 radical (unpaired) electrons. The largest absolute Gasteiger partial charge is 0.550 e. The normalized spacial score (nSPS) is 11.8. The second kappa shape index (κ2) is 20.8. The Hall–Kier alpha value is -0.230. The number of carboxylic acid groups (broad SMARTS) is 2. The SMILES string of the molecule is CCCCC(CC)C(=O)[O-].CCCCC(CC)C(=O)[O-].O.[In]. The Morgan fingerprint density at radius 1 is 0.773 bits per heavy atom. The van der Waals surface area contributed by atoms with E-state index >= 15 is 0 Å². The van der Waals surface area contributed by atoms with Gasteiger partial charge in [-0.25, -0.2) is 0 Å². The Bertz CT molecular complexity index is 233. The summed E-state index contributed by atoms with van der Waals surface area (Å²) in [6.07, 6.45) is 7.04. The first-order chi connectivity index (χ1) is 9.44. The monoisotopic (exact) mass is 419 g/mol. The minimum Gasteiger partial charge on any atom is -0.550 e. The van der Waals surface area contributed by atoms with E-state index in [-0.39, 0.29) is 43.2 Å². The summed E-state index contributed by atoms with van der Waals surface area (Å²) in [5.41, 5.74) is 0. The van der Waals surface area contributed by atoms with Crippen molar-refractivity contribution in [1.29, 1.82) is 0 Å². The van der Waals surface area contributed by atoms with E-state index in [9.17, 15) is 19.8 Å². The van der Waals surface area contributed by atoms with Crippen molar-refractivity contribution >= 4 is 37.8 Å². The summed E-state index contributed by atoms with van der Waals surface area (Å²) in [7, 11) is 0. The first kappa shape index (κ1) is 29.7. The van der Waals surface area contributed by atoms with Gasteiger partial charge >= 0.3 is 0 Å². The van der Waals surface area contributed by atoms with Gasteiger partial charge in [0.2, 0.25) is 0 Å². The van der Waals surface area contributed by atoms with Crippen LogP contribution in [0.5, 0.6) is 0 Å². The molecule has 0 rings (SSSR count). The van der Waals surface area contributed by atoms with Crippen LogP contribution < -0.4 is 10.2 Å². The molecular formula is C16H32InO5-2. The molecule has 0 saturated carbocycles. The van der Waals surface area contributed by atoms with Crippen molar-refractivity contribution in [2.45, 2.75) is 79.1 Å².